The van der Waals surface area contributed by atoms with E-state index < -0.39 is 6.05 Å². The van der Waals surface area contributed by atoms with Crippen molar-refractivity contribution in [2.45, 2.75) is 38.3 Å². The molecule has 0 unspecified atom stereocenters. The van der Waals surface area contributed by atoms with E-state index in [1.807, 2.05) is 12.1 Å². The number of halogens is 3. The number of hydrogen-bond donors (Lipinski definition) is 0. The molecule has 0 aliphatic carbocycles. The van der Waals surface area contributed by atoms with Crippen LogP contribution in [0.2, 0.25) is 0 Å². The molecule has 7 heteroatoms. The molecule has 4 nitrogen and oxygen atoms in total. The summed E-state index contributed by atoms with van der Waals surface area (Å²) in [4.78, 5) is 14.3. The number of methoxy groups -OCH3 is 1. The Bertz CT molecular complexity index is 840. The summed E-state index contributed by atoms with van der Waals surface area (Å²) >= 11 is 0. The zero-order valence-corrected chi connectivity index (χ0v) is 17.8. The SMILES string of the molecule is COC(=O)N1CCc2ccccc2C1.FC1(F)CC2CCN1CC2.Fc1ccccc1. The van der Waals surface area contributed by atoms with E-state index in [-0.39, 0.29) is 18.3 Å². The van der Waals surface area contributed by atoms with Gasteiger partial charge in [0.2, 0.25) is 0 Å². The van der Waals surface area contributed by atoms with Crippen molar-refractivity contribution < 1.29 is 22.7 Å². The molecule has 3 fully saturated rings. The number of carbonyl (C=O) groups excluding carboxylic acids is 1. The van der Waals surface area contributed by atoms with Crippen molar-refractivity contribution in [3.63, 3.8) is 0 Å². The van der Waals surface area contributed by atoms with Gasteiger partial charge in [0, 0.05) is 32.6 Å². The molecule has 0 radical (unpaired) electrons. The first-order valence-electron chi connectivity index (χ1n) is 10.6. The van der Waals surface area contributed by atoms with E-state index in [2.05, 4.69) is 12.1 Å². The van der Waals surface area contributed by atoms with Gasteiger partial charge in [0.05, 0.1) is 7.11 Å². The molecular weight excluding hydrogens is 405 g/mol. The average molecular weight is 435 g/mol. The lowest BCUT2D eigenvalue weighted by Gasteiger charge is -2.44. The predicted molar refractivity (Wildman–Crippen MR) is 113 cm³/mol. The maximum absolute atomic E-state index is 12.8. The van der Waals surface area contributed by atoms with Gasteiger partial charge in [-0.1, -0.05) is 42.5 Å². The third-order valence-corrected chi connectivity index (χ3v) is 5.91. The van der Waals surface area contributed by atoms with Crippen LogP contribution in [0.25, 0.3) is 0 Å². The predicted octanol–water partition coefficient (Wildman–Crippen LogP) is 5.33. The number of ether oxygens (including phenoxy) is 1. The largest absolute Gasteiger partial charge is 0.453 e. The van der Waals surface area contributed by atoms with E-state index in [0.29, 0.717) is 25.6 Å². The van der Waals surface area contributed by atoms with Crippen molar-refractivity contribution in [3.8, 4) is 0 Å². The Kier molecular flexibility index (Phi) is 7.96. The molecule has 4 aliphatic heterocycles. The molecule has 0 N–H and O–H groups in total. The van der Waals surface area contributed by atoms with Crippen LogP contribution in [0, 0.1) is 11.7 Å². The van der Waals surface area contributed by atoms with Gasteiger partial charge in [-0.2, -0.15) is 8.78 Å². The number of nitrogens with zero attached hydrogens (tertiary/aromatic N) is 2. The van der Waals surface area contributed by atoms with Crippen LogP contribution in [-0.2, 0) is 17.7 Å². The van der Waals surface area contributed by atoms with E-state index in [1.54, 1.807) is 23.1 Å². The van der Waals surface area contributed by atoms with E-state index >= 15 is 0 Å². The van der Waals surface area contributed by atoms with Gasteiger partial charge in [0.1, 0.15) is 5.82 Å². The molecule has 4 aliphatic rings. The highest BCUT2D eigenvalue weighted by molar-refractivity contribution is 5.67. The van der Waals surface area contributed by atoms with Crippen molar-refractivity contribution >= 4 is 6.09 Å². The topological polar surface area (TPSA) is 32.8 Å². The minimum atomic E-state index is -2.47. The molecule has 0 aromatic heterocycles. The first-order valence-corrected chi connectivity index (χ1v) is 10.6. The first-order chi connectivity index (χ1) is 14.9. The van der Waals surface area contributed by atoms with Gasteiger partial charge in [-0.05, 0) is 48.4 Å². The Morgan fingerprint density at radius 3 is 2.03 bits per heavy atom. The molecule has 1 amide bonds. The van der Waals surface area contributed by atoms with Gasteiger partial charge in [-0.3, -0.25) is 0 Å². The molecule has 2 aromatic rings. The highest BCUT2D eigenvalue weighted by Crippen LogP contribution is 2.40. The third kappa shape index (κ3) is 6.47. The monoisotopic (exact) mass is 434 g/mol. The second-order valence-electron chi connectivity index (χ2n) is 8.01. The first kappa shape index (κ1) is 23.1. The maximum atomic E-state index is 12.8. The van der Waals surface area contributed by atoms with Crippen LogP contribution < -0.4 is 0 Å². The Morgan fingerprint density at radius 2 is 1.58 bits per heavy atom. The molecule has 6 rings (SSSR count). The number of fused-ring (bicyclic) bond motifs is 4. The van der Waals surface area contributed by atoms with Crippen molar-refractivity contribution in [1.82, 2.24) is 9.80 Å². The molecule has 4 heterocycles. The van der Waals surface area contributed by atoms with Crippen molar-refractivity contribution in [2.75, 3.05) is 26.7 Å². The number of benzene rings is 2. The normalized spacial score (nSPS) is 22.8. The minimum absolute atomic E-state index is 0.104. The summed E-state index contributed by atoms with van der Waals surface area (Å²) in [7, 11) is 1.42. The van der Waals surface area contributed by atoms with Crippen LogP contribution in [0.1, 0.15) is 30.4 Å². The van der Waals surface area contributed by atoms with E-state index in [1.165, 1.54) is 35.3 Å². The molecule has 2 aromatic carbocycles. The minimum Gasteiger partial charge on any atom is -0.453 e. The third-order valence-electron chi connectivity index (χ3n) is 5.91. The summed E-state index contributed by atoms with van der Waals surface area (Å²) in [5.74, 6) is 0.127. The van der Waals surface area contributed by atoms with Crippen LogP contribution in [0.3, 0.4) is 0 Å². The van der Waals surface area contributed by atoms with Crippen molar-refractivity contribution in [3.05, 3.63) is 71.5 Å². The maximum Gasteiger partial charge on any atom is 0.409 e. The quantitative estimate of drug-likeness (QED) is 0.526. The molecule has 0 saturated carbocycles. The highest BCUT2D eigenvalue weighted by Gasteiger charge is 2.46. The summed E-state index contributed by atoms with van der Waals surface area (Å²) in [5, 5.41) is 0. The molecule has 2 bridgehead atoms. The number of alkyl halides is 2. The van der Waals surface area contributed by atoms with Crippen LogP contribution in [0.4, 0.5) is 18.0 Å². The van der Waals surface area contributed by atoms with E-state index in [9.17, 15) is 18.0 Å². The van der Waals surface area contributed by atoms with E-state index in [4.69, 9.17) is 4.74 Å². The zero-order valence-electron chi connectivity index (χ0n) is 17.8. The number of hydrogen-bond acceptors (Lipinski definition) is 3. The second-order valence-corrected chi connectivity index (χ2v) is 8.01. The van der Waals surface area contributed by atoms with Crippen LogP contribution in [-0.4, -0.2) is 48.7 Å². The van der Waals surface area contributed by atoms with Gasteiger partial charge in [0.25, 0.3) is 0 Å². The molecule has 0 spiro atoms. The van der Waals surface area contributed by atoms with Gasteiger partial charge in [-0.15, -0.1) is 0 Å². The van der Waals surface area contributed by atoms with Gasteiger partial charge in [0.15, 0.2) is 0 Å². The fourth-order valence-electron chi connectivity index (χ4n) is 4.14. The van der Waals surface area contributed by atoms with Crippen molar-refractivity contribution in [1.29, 1.82) is 0 Å². The number of rotatable bonds is 0. The van der Waals surface area contributed by atoms with Crippen molar-refractivity contribution in [2.24, 2.45) is 5.92 Å². The fourth-order valence-corrected chi connectivity index (χ4v) is 4.14. The summed E-state index contributed by atoms with van der Waals surface area (Å²) < 4.78 is 42.2. The Balaban J connectivity index is 0.000000140. The van der Waals surface area contributed by atoms with Gasteiger partial charge < -0.3 is 9.64 Å². The Hall–Kier alpha value is -2.54. The summed E-state index contributed by atoms with van der Waals surface area (Å²) in [5.41, 5.74) is 2.57. The van der Waals surface area contributed by atoms with Crippen LogP contribution in [0.15, 0.2) is 54.6 Å². The fraction of sp³-hybridized carbons (Fsp3) is 0.458. The lowest BCUT2D eigenvalue weighted by atomic mass is 9.87. The zero-order chi connectivity index (χ0) is 22.3. The van der Waals surface area contributed by atoms with Gasteiger partial charge >= 0.3 is 12.1 Å². The second kappa shape index (κ2) is 10.7. The molecule has 168 valence electrons. The average Bonchev–Trinajstić information content (AvgIpc) is 2.79. The lowest BCUT2D eigenvalue weighted by molar-refractivity contribution is -0.204. The number of amides is 1. The van der Waals surface area contributed by atoms with Gasteiger partial charge in [-0.25, -0.2) is 14.1 Å². The summed E-state index contributed by atoms with van der Waals surface area (Å²) in [6, 6.07) is 13.7. The Morgan fingerprint density at radius 1 is 0.968 bits per heavy atom. The van der Waals surface area contributed by atoms with Crippen LogP contribution in [0.5, 0.6) is 0 Å². The lowest BCUT2D eigenvalue weighted by Crippen LogP contribution is -2.53. The molecule has 31 heavy (non-hydrogen) atoms. The molecule has 0 atom stereocenters. The smallest absolute Gasteiger partial charge is 0.409 e. The number of piperidine rings is 3. The summed E-state index contributed by atoms with van der Waals surface area (Å²) in [6.45, 7) is 2.64. The highest BCUT2D eigenvalue weighted by atomic mass is 19.3. The standard InChI is InChI=1S/C11H13NO2.C7H11F2N.C6H5F/c1-14-11(13)12-7-6-9-4-2-3-5-10(9)8-12;8-7(9)5-6-1-3-10(7)4-2-6;7-6-4-2-1-3-5-6/h2-5H,6-8H2,1H3;6H,1-5H2;1-5H. The van der Waals surface area contributed by atoms with E-state index in [0.717, 1.165) is 25.8 Å². The number of carbonyl (C=O) groups is 1. The summed E-state index contributed by atoms with van der Waals surface area (Å²) in [6.07, 6.45) is 2.75. The van der Waals surface area contributed by atoms with Crippen LogP contribution >= 0.6 is 0 Å². The Labute approximate surface area is 181 Å². The molecular formula is C24H29F3N2O2. The molecule has 3 saturated heterocycles.